The first-order chi connectivity index (χ1) is 10.3. The Morgan fingerprint density at radius 1 is 1.19 bits per heavy atom. The van der Waals surface area contributed by atoms with Gasteiger partial charge >= 0.3 is 0 Å². The predicted octanol–water partition coefficient (Wildman–Crippen LogP) is 2.98. The zero-order chi connectivity index (χ0) is 14.7. The smallest absolute Gasteiger partial charge is 0.228 e. The summed E-state index contributed by atoms with van der Waals surface area (Å²) in [5.74, 6) is 2.90. The van der Waals surface area contributed by atoms with E-state index in [1.807, 2.05) is 6.92 Å². The molecule has 0 atom stereocenters. The largest absolute Gasteiger partial charge is 0.381 e. The number of hydrogen-bond donors (Lipinski definition) is 0. The first kappa shape index (κ1) is 15.2. The molecule has 6 heteroatoms. The van der Waals surface area contributed by atoms with Crippen LogP contribution in [0.2, 0.25) is 0 Å². The highest BCUT2D eigenvalue weighted by Crippen LogP contribution is 2.41. The lowest BCUT2D eigenvalue weighted by atomic mass is 10.00. The number of hydrogen-bond acceptors (Lipinski definition) is 5. The van der Waals surface area contributed by atoms with E-state index in [0.29, 0.717) is 6.04 Å². The van der Waals surface area contributed by atoms with E-state index in [1.54, 1.807) is 11.8 Å². The molecule has 2 aliphatic rings. The van der Waals surface area contributed by atoms with Gasteiger partial charge in [-0.2, -0.15) is 0 Å². The number of ether oxygens (including phenoxy) is 1. The third-order valence-electron chi connectivity index (χ3n) is 4.29. The zero-order valence-electron chi connectivity index (χ0n) is 13.1. The summed E-state index contributed by atoms with van der Waals surface area (Å²) < 4.78 is 7.80. The SMILES string of the molecule is CCOCCSc1nnc(N2CCC(C)CC2)n1C1CC1. The molecule has 0 amide bonds. The van der Waals surface area contributed by atoms with E-state index in [-0.39, 0.29) is 0 Å². The Bertz CT molecular complexity index is 453. The normalized spacial score (nSPS) is 20.2. The standard InChI is InChI=1S/C15H26N4OS/c1-3-20-10-11-21-15-17-16-14(19(15)13-4-5-13)18-8-6-12(2)7-9-18/h12-13H,3-11H2,1-2H3. The lowest BCUT2D eigenvalue weighted by molar-refractivity contribution is 0.164. The van der Waals surface area contributed by atoms with Crippen molar-refractivity contribution in [1.29, 1.82) is 0 Å². The van der Waals surface area contributed by atoms with E-state index >= 15 is 0 Å². The third-order valence-corrected chi connectivity index (χ3v) is 5.20. The maximum absolute atomic E-state index is 5.42. The van der Waals surface area contributed by atoms with E-state index in [1.165, 1.54) is 25.7 Å². The van der Waals surface area contributed by atoms with Crippen LogP contribution in [0, 0.1) is 5.92 Å². The van der Waals surface area contributed by atoms with E-state index in [0.717, 1.165) is 49.1 Å². The van der Waals surface area contributed by atoms with Gasteiger partial charge in [0.25, 0.3) is 0 Å². The molecule has 3 rings (SSSR count). The van der Waals surface area contributed by atoms with E-state index in [4.69, 9.17) is 4.74 Å². The first-order valence-electron chi connectivity index (χ1n) is 8.20. The Morgan fingerprint density at radius 2 is 1.95 bits per heavy atom. The Morgan fingerprint density at radius 3 is 2.62 bits per heavy atom. The van der Waals surface area contributed by atoms with Gasteiger partial charge in [0.05, 0.1) is 6.61 Å². The molecule has 0 spiro atoms. The maximum atomic E-state index is 5.42. The molecule has 1 aliphatic carbocycles. The van der Waals surface area contributed by atoms with Crippen molar-refractivity contribution in [3.8, 4) is 0 Å². The van der Waals surface area contributed by atoms with Crippen molar-refractivity contribution in [2.24, 2.45) is 5.92 Å². The van der Waals surface area contributed by atoms with Gasteiger partial charge in [0.1, 0.15) is 0 Å². The minimum absolute atomic E-state index is 0.629. The summed E-state index contributed by atoms with van der Waals surface area (Å²) in [6, 6.07) is 0.629. The Labute approximate surface area is 131 Å². The fourth-order valence-corrected chi connectivity index (χ4v) is 3.63. The molecule has 21 heavy (non-hydrogen) atoms. The molecule has 1 aromatic rings. The summed E-state index contributed by atoms with van der Waals surface area (Å²) in [6.45, 7) is 8.19. The van der Waals surface area contributed by atoms with E-state index in [9.17, 15) is 0 Å². The van der Waals surface area contributed by atoms with Crippen molar-refractivity contribution in [3.05, 3.63) is 0 Å². The van der Waals surface area contributed by atoms with Gasteiger partial charge < -0.3 is 9.64 Å². The monoisotopic (exact) mass is 310 g/mol. The molecule has 0 aromatic carbocycles. The Balaban J connectivity index is 1.67. The predicted molar refractivity (Wildman–Crippen MR) is 86.1 cm³/mol. The Kier molecular flexibility index (Phi) is 5.06. The summed E-state index contributed by atoms with van der Waals surface area (Å²) in [4.78, 5) is 2.43. The number of nitrogens with zero attached hydrogens (tertiary/aromatic N) is 4. The molecule has 0 radical (unpaired) electrons. The molecule has 1 aliphatic heterocycles. The maximum Gasteiger partial charge on any atom is 0.228 e. The Hall–Kier alpha value is -0.750. The molecule has 1 saturated carbocycles. The molecule has 1 aromatic heterocycles. The highest BCUT2D eigenvalue weighted by molar-refractivity contribution is 7.99. The van der Waals surface area contributed by atoms with Gasteiger partial charge in [-0.05, 0) is 38.5 Å². The van der Waals surface area contributed by atoms with Gasteiger partial charge in [-0.3, -0.25) is 4.57 Å². The van der Waals surface area contributed by atoms with Crippen LogP contribution in [0.15, 0.2) is 5.16 Å². The second kappa shape index (κ2) is 7.01. The molecular formula is C15H26N4OS. The number of aromatic nitrogens is 3. The van der Waals surface area contributed by atoms with Gasteiger partial charge in [0, 0.05) is 31.5 Å². The van der Waals surface area contributed by atoms with Crippen LogP contribution in [0.4, 0.5) is 5.95 Å². The highest BCUT2D eigenvalue weighted by Gasteiger charge is 2.32. The minimum Gasteiger partial charge on any atom is -0.381 e. The van der Waals surface area contributed by atoms with Crippen molar-refractivity contribution in [3.63, 3.8) is 0 Å². The van der Waals surface area contributed by atoms with Crippen LogP contribution in [0.3, 0.4) is 0 Å². The summed E-state index contributed by atoms with van der Waals surface area (Å²) in [5.41, 5.74) is 0. The quantitative estimate of drug-likeness (QED) is 0.572. The molecule has 0 bridgehead atoms. The van der Waals surface area contributed by atoms with Gasteiger partial charge in [-0.1, -0.05) is 18.7 Å². The van der Waals surface area contributed by atoms with Gasteiger partial charge in [-0.15, -0.1) is 10.2 Å². The average molecular weight is 310 g/mol. The molecule has 0 unspecified atom stereocenters. The van der Waals surface area contributed by atoms with Crippen molar-refractivity contribution >= 4 is 17.7 Å². The summed E-state index contributed by atoms with van der Waals surface area (Å²) in [7, 11) is 0. The first-order valence-corrected chi connectivity index (χ1v) is 9.18. The minimum atomic E-state index is 0.629. The zero-order valence-corrected chi connectivity index (χ0v) is 13.9. The average Bonchev–Trinajstić information content (AvgIpc) is 3.25. The van der Waals surface area contributed by atoms with E-state index in [2.05, 4.69) is 26.6 Å². The van der Waals surface area contributed by atoms with Crippen molar-refractivity contribution in [2.45, 2.75) is 50.7 Å². The lowest BCUT2D eigenvalue weighted by Crippen LogP contribution is -2.34. The van der Waals surface area contributed by atoms with Crippen LogP contribution in [-0.4, -0.2) is 46.8 Å². The van der Waals surface area contributed by atoms with E-state index < -0.39 is 0 Å². The summed E-state index contributed by atoms with van der Waals surface area (Å²) in [6.07, 6.45) is 5.08. The van der Waals surface area contributed by atoms with Crippen LogP contribution in [0.5, 0.6) is 0 Å². The molecule has 118 valence electrons. The summed E-state index contributed by atoms with van der Waals surface area (Å²) >= 11 is 1.78. The fourth-order valence-electron chi connectivity index (χ4n) is 2.78. The second-order valence-corrected chi connectivity index (χ2v) is 7.16. The molecule has 2 fully saturated rings. The van der Waals surface area contributed by atoms with Crippen molar-refractivity contribution in [1.82, 2.24) is 14.8 Å². The van der Waals surface area contributed by atoms with Crippen LogP contribution in [-0.2, 0) is 4.74 Å². The molecule has 2 heterocycles. The van der Waals surface area contributed by atoms with Gasteiger partial charge in [0.2, 0.25) is 5.95 Å². The molecular weight excluding hydrogens is 284 g/mol. The van der Waals surface area contributed by atoms with Crippen molar-refractivity contribution < 1.29 is 4.74 Å². The summed E-state index contributed by atoms with van der Waals surface area (Å²) in [5, 5.41) is 10.0. The lowest BCUT2D eigenvalue weighted by Gasteiger charge is -2.31. The van der Waals surface area contributed by atoms with Crippen LogP contribution in [0.25, 0.3) is 0 Å². The molecule has 0 N–H and O–H groups in total. The number of rotatable bonds is 7. The fraction of sp³-hybridized carbons (Fsp3) is 0.867. The third kappa shape index (κ3) is 3.72. The van der Waals surface area contributed by atoms with Crippen LogP contribution >= 0.6 is 11.8 Å². The molecule has 5 nitrogen and oxygen atoms in total. The van der Waals surface area contributed by atoms with Gasteiger partial charge in [-0.25, -0.2) is 0 Å². The molecule has 1 saturated heterocycles. The van der Waals surface area contributed by atoms with Gasteiger partial charge in [0.15, 0.2) is 5.16 Å². The number of anilines is 1. The van der Waals surface area contributed by atoms with Crippen LogP contribution < -0.4 is 4.90 Å². The van der Waals surface area contributed by atoms with Crippen LogP contribution in [0.1, 0.15) is 45.6 Å². The van der Waals surface area contributed by atoms with Crippen molar-refractivity contribution in [2.75, 3.05) is 37.0 Å². The number of thioether (sulfide) groups is 1. The topological polar surface area (TPSA) is 43.2 Å². The number of piperidine rings is 1. The second-order valence-electron chi connectivity index (χ2n) is 6.10. The highest BCUT2D eigenvalue weighted by atomic mass is 32.2.